The van der Waals surface area contributed by atoms with Crippen molar-refractivity contribution in [3.8, 4) is 0 Å². The largest absolute Gasteiger partial charge is 0.359 e. The molecule has 22 heavy (non-hydrogen) atoms. The van der Waals surface area contributed by atoms with Gasteiger partial charge in [-0.05, 0) is 25.7 Å². The van der Waals surface area contributed by atoms with Gasteiger partial charge in [0.1, 0.15) is 0 Å². The smallest absolute Gasteiger partial charge is 0.191 e. The fourth-order valence-electron chi connectivity index (χ4n) is 2.11. The topological polar surface area (TPSA) is 62.5 Å². The molecule has 1 rings (SSSR count). The molecule has 1 aromatic rings. The molecule has 0 aliphatic heterocycles. The molecule has 0 bridgehead atoms. The van der Waals surface area contributed by atoms with Gasteiger partial charge in [0.15, 0.2) is 11.7 Å². The van der Waals surface area contributed by atoms with Gasteiger partial charge >= 0.3 is 0 Å². The van der Waals surface area contributed by atoms with Crippen LogP contribution in [0.2, 0.25) is 0 Å². The average molecular weight is 422 g/mol. The third kappa shape index (κ3) is 8.60. The molecule has 1 heterocycles. The first kappa shape index (κ1) is 21.2. The second-order valence-corrected chi connectivity index (χ2v) is 5.93. The van der Waals surface area contributed by atoms with Gasteiger partial charge in [0.2, 0.25) is 0 Å². The van der Waals surface area contributed by atoms with Crippen LogP contribution in [0, 0.1) is 5.92 Å². The Kier molecular flexibility index (Phi) is 11.3. The molecule has 0 aliphatic carbocycles. The van der Waals surface area contributed by atoms with E-state index >= 15 is 0 Å². The molecule has 1 atom stereocenters. The quantitative estimate of drug-likeness (QED) is 0.381. The summed E-state index contributed by atoms with van der Waals surface area (Å²) >= 11 is 0. The zero-order valence-corrected chi connectivity index (χ0v) is 16.8. The number of aryl methyl sites for hydroxylation is 1. The summed E-state index contributed by atoms with van der Waals surface area (Å²) in [7, 11) is 1.79. The summed E-state index contributed by atoms with van der Waals surface area (Å²) in [5, 5.41) is 10.6. The van der Waals surface area contributed by atoms with Crippen LogP contribution in [0.3, 0.4) is 0 Å². The molecule has 6 heteroatoms. The Balaban J connectivity index is 0.00000441. The maximum Gasteiger partial charge on any atom is 0.191 e. The van der Waals surface area contributed by atoms with Gasteiger partial charge in [0, 0.05) is 19.2 Å². The van der Waals surface area contributed by atoms with Crippen molar-refractivity contribution < 1.29 is 4.52 Å². The lowest BCUT2D eigenvalue weighted by Gasteiger charge is -2.17. The molecule has 0 radical (unpaired) electrons. The minimum Gasteiger partial charge on any atom is -0.359 e. The van der Waals surface area contributed by atoms with E-state index in [2.05, 4.69) is 48.5 Å². The van der Waals surface area contributed by atoms with Gasteiger partial charge in [0.25, 0.3) is 0 Å². The van der Waals surface area contributed by atoms with Crippen molar-refractivity contribution in [2.24, 2.45) is 10.9 Å². The average Bonchev–Trinajstić information content (AvgIpc) is 2.91. The van der Waals surface area contributed by atoms with E-state index in [1.165, 1.54) is 12.8 Å². The van der Waals surface area contributed by atoms with E-state index < -0.39 is 0 Å². The minimum absolute atomic E-state index is 0. The lowest BCUT2D eigenvalue weighted by atomic mass is 10.0. The lowest BCUT2D eigenvalue weighted by molar-refractivity contribution is 0.374. The first-order valence-corrected chi connectivity index (χ1v) is 7.96. The van der Waals surface area contributed by atoms with Crippen LogP contribution in [0.1, 0.15) is 58.4 Å². The first-order chi connectivity index (χ1) is 10.0. The van der Waals surface area contributed by atoms with Crippen molar-refractivity contribution in [3.05, 3.63) is 17.5 Å². The standard InChI is InChI=1S/C16H30N4O.HI/c1-6-14-10-15(21-20-14)11-18-16(17-5)19-13(4)9-7-8-12(2)3;/h10,12-13H,6-9,11H2,1-5H3,(H2,17,18,19);1H. The number of hydrogen-bond donors (Lipinski definition) is 2. The highest BCUT2D eigenvalue weighted by molar-refractivity contribution is 14.0. The van der Waals surface area contributed by atoms with Gasteiger partial charge in [-0.1, -0.05) is 38.8 Å². The highest BCUT2D eigenvalue weighted by Gasteiger charge is 2.07. The van der Waals surface area contributed by atoms with Crippen LogP contribution >= 0.6 is 24.0 Å². The second-order valence-electron chi connectivity index (χ2n) is 5.93. The summed E-state index contributed by atoms with van der Waals surface area (Å²) < 4.78 is 5.25. The van der Waals surface area contributed by atoms with Crippen LogP contribution in [-0.4, -0.2) is 24.2 Å². The fourth-order valence-corrected chi connectivity index (χ4v) is 2.11. The first-order valence-electron chi connectivity index (χ1n) is 7.96. The molecule has 0 aromatic carbocycles. The Morgan fingerprint density at radius 3 is 2.59 bits per heavy atom. The van der Waals surface area contributed by atoms with Crippen molar-refractivity contribution in [3.63, 3.8) is 0 Å². The van der Waals surface area contributed by atoms with Crippen LogP contribution in [0.4, 0.5) is 0 Å². The number of nitrogens with one attached hydrogen (secondary N) is 2. The molecule has 0 fully saturated rings. The maximum absolute atomic E-state index is 5.25. The minimum atomic E-state index is 0. The van der Waals surface area contributed by atoms with Crippen LogP contribution in [-0.2, 0) is 13.0 Å². The number of guanidine groups is 1. The summed E-state index contributed by atoms with van der Waals surface area (Å²) in [6, 6.07) is 2.39. The summed E-state index contributed by atoms with van der Waals surface area (Å²) in [6.45, 7) is 9.39. The van der Waals surface area contributed by atoms with Crippen molar-refractivity contribution in [2.75, 3.05) is 7.05 Å². The van der Waals surface area contributed by atoms with E-state index in [0.29, 0.717) is 12.6 Å². The van der Waals surface area contributed by atoms with Crippen molar-refractivity contribution in [2.45, 2.75) is 66.0 Å². The van der Waals surface area contributed by atoms with Crippen molar-refractivity contribution >= 4 is 29.9 Å². The number of nitrogens with zero attached hydrogens (tertiary/aromatic N) is 2. The van der Waals surface area contributed by atoms with Gasteiger partial charge in [-0.15, -0.1) is 24.0 Å². The molecule has 0 saturated heterocycles. The highest BCUT2D eigenvalue weighted by Crippen LogP contribution is 2.08. The van der Waals surface area contributed by atoms with Crippen LogP contribution in [0.15, 0.2) is 15.6 Å². The summed E-state index contributed by atoms with van der Waals surface area (Å²) in [6.07, 6.45) is 4.56. The van der Waals surface area contributed by atoms with Crippen LogP contribution < -0.4 is 10.6 Å². The van der Waals surface area contributed by atoms with E-state index in [9.17, 15) is 0 Å². The molecular formula is C16H31IN4O. The van der Waals surface area contributed by atoms with Crippen LogP contribution in [0.5, 0.6) is 0 Å². The predicted molar refractivity (Wildman–Crippen MR) is 103 cm³/mol. The number of hydrogen-bond acceptors (Lipinski definition) is 3. The van der Waals surface area contributed by atoms with Gasteiger partial charge in [-0.25, -0.2) is 0 Å². The van der Waals surface area contributed by atoms with Gasteiger partial charge < -0.3 is 15.2 Å². The molecule has 0 aliphatic rings. The van der Waals surface area contributed by atoms with E-state index in [-0.39, 0.29) is 24.0 Å². The number of halogens is 1. The predicted octanol–water partition coefficient (Wildman–Crippen LogP) is 3.73. The van der Waals surface area contributed by atoms with Crippen LogP contribution in [0.25, 0.3) is 0 Å². The summed E-state index contributed by atoms with van der Waals surface area (Å²) in [5.41, 5.74) is 0.983. The van der Waals surface area contributed by atoms with E-state index in [0.717, 1.165) is 36.2 Å². The summed E-state index contributed by atoms with van der Waals surface area (Å²) in [5.74, 6) is 2.41. The molecule has 128 valence electrons. The Labute approximate surface area is 151 Å². The molecule has 1 unspecified atom stereocenters. The molecule has 0 spiro atoms. The molecule has 5 nitrogen and oxygen atoms in total. The van der Waals surface area contributed by atoms with Gasteiger partial charge in [0.05, 0.1) is 12.2 Å². The van der Waals surface area contributed by atoms with E-state index in [1.54, 1.807) is 7.05 Å². The Bertz CT molecular complexity index is 432. The summed E-state index contributed by atoms with van der Waals surface area (Å²) in [4.78, 5) is 4.25. The monoisotopic (exact) mass is 422 g/mol. The maximum atomic E-state index is 5.25. The third-order valence-corrected chi connectivity index (χ3v) is 3.43. The van der Waals surface area contributed by atoms with E-state index in [4.69, 9.17) is 4.52 Å². The lowest BCUT2D eigenvalue weighted by Crippen LogP contribution is -2.41. The number of aromatic nitrogens is 1. The number of aliphatic imine (C=N–C) groups is 1. The van der Waals surface area contributed by atoms with E-state index in [1.807, 2.05) is 6.07 Å². The van der Waals surface area contributed by atoms with Crippen molar-refractivity contribution in [1.29, 1.82) is 0 Å². The zero-order valence-electron chi connectivity index (χ0n) is 14.5. The second kappa shape index (κ2) is 11.7. The number of rotatable bonds is 8. The van der Waals surface area contributed by atoms with Gasteiger partial charge in [-0.3, -0.25) is 4.99 Å². The molecule has 0 amide bonds. The van der Waals surface area contributed by atoms with Gasteiger partial charge in [-0.2, -0.15) is 0 Å². The highest BCUT2D eigenvalue weighted by atomic mass is 127. The zero-order chi connectivity index (χ0) is 15.7. The Morgan fingerprint density at radius 1 is 1.32 bits per heavy atom. The third-order valence-electron chi connectivity index (χ3n) is 3.43. The Hall–Kier alpha value is -0.790. The molecule has 0 saturated carbocycles. The molecule has 2 N–H and O–H groups in total. The van der Waals surface area contributed by atoms with Crippen molar-refractivity contribution in [1.82, 2.24) is 15.8 Å². The Morgan fingerprint density at radius 2 is 2.05 bits per heavy atom. The fraction of sp³-hybridized carbons (Fsp3) is 0.750. The molecular weight excluding hydrogens is 391 g/mol. The molecule has 1 aromatic heterocycles. The SMILES string of the molecule is CCc1cc(CNC(=NC)NC(C)CCCC(C)C)on1.I. The normalized spacial score (nSPS) is 12.9.